The number of nitrogens with zero attached hydrogens (tertiary/aromatic N) is 1. The van der Waals surface area contributed by atoms with Crippen LogP contribution in [0.25, 0.3) is 0 Å². The summed E-state index contributed by atoms with van der Waals surface area (Å²) in [6.07, 6.45) is 5.00. The number of rotatable bonds is 0. The number of hydrogen-bond donors (Lipinski definition) is 1. The Balaban J connectivity index is 0.000000605. The van der Waals surface area contributed by atoms with E-state index in [-0.39, 0.29) is 24.8 Å². The van der Waals surface area contributed by atoms with E-state index < -0.39 is 0 Å². The van der Waals surface area contributed by atoms with Crippen molar-refractivity contribution in [2.24, 2.45) is 5.73 Å². The molecule has 0 aromatic rings. The molecule has 0 spiro atoms. The predicted octanol–water partition coefficient (Wildman–Crippen LogP) is 1.58. The van der Waals surface area contributed by atoms with E-state index in [4.69, 9.17) is 5.73 Å². The van der Waals surface area contributed by atoms with Crippen molar-refractivity contribution in [3.8, 4) is 0 Å². The summed E-state index contributed by atoms with van der Waals surface area (Å²) in [5, 5.41) is 0. The molecule has 73 valence electrons. The highest BCUT2D eigenvalue weighted by atomic mass is 35.5. The van der Waals surface area contributed by atoms with Crippen molar-refractivity contribution in [3.63, 3.8) is 0 Å². The van der Waals surface area contributed by atoms with Crippen molar-refractivity contribution in [1.29, 1.82) is 0 Å². The first-order valence-electron chi connectivity index (χ1n) is 4.10. The molecule has 12 heavy (non-hydrogen) atoms. The van der Waals surface area contributed by atoms with Gasteiger partial charge in [-0.15, -0.1) is 24.8 Å². The summed E-state index contributed by atoms with van der Waals surface area (Å²) in [4.78, 5) is 2.43. The van der Waals surface area contributed by atoms with Crippen LogP contribution in [0.4, 0.5) is 0 Å². The quantitative estimate of drug-likeness (QED) is 0.660. The second-order valence-corrected chi connectivity index (χ2v) is 3.57. The Kier molecular flexibility index (Phi) is 4.85. The third kappa shape index (κ3) is 2.05. The zero-order valence-electron chi connectivity index (χ0n) is 7.32. The van der Waals surface area contributed by atoms with Gasteiger partial charge in [-0.25, -0.2) is 0 Å². The van der Waals surface area contributed by atoms with Crippen molar-refractivity contribution >= 4 is 24.8 Å². The normalized spacial score (nSPS) is 35.5. The maximum absolute atomic E-state index is 5.87. The van der Waals surface area contributed by atoms with Crippen molar-refractivity contribution in [3.05, 3.63) is 6.04 Å². The van der Waals surface area contributed by atoms with E-state index in [1.165, 1.54) is 19.3 Å². The van der Waals surface area contributed by atoms with Gasteiger partial charge in [-0.3, -0.25) is 4.90 Å². The van der Waals surface area contributed by atoms with E-state index >= 15 is 0 Å². The summed E-state index contributed by atoms with van der Waals surface area (Å²) in [7, 11) is 2.21. The van der Waals surface area contributed by atoms with Crippen LogP contribution < -0.4 is 5.73 Å². The van der Waals surface area contributed by atoms with Gasteiger partial charge in [-0.05, 0) is 32.7 Å². The molecule has 2 atom stereocenters. The van der Waals surface area contributed by atoms with Gasteiger partial charge in [0.2, 0.25) is 0 Å². The molecule has 2 fully saturated rings. The first-order valence-corrected chi connectivity index (χ1v) is 4.10. The van der Waals surface area contributed by atoms with E-state index in [0.717, 1.165) is 12.5 Å². The van der Waals surface area contributed by atoms with Crippen LogP contribution in [0.5, 0.6) is 0 Å². The van der Waals surface area contributed by atoms with E-state index in [2.05, 4.69) is 11.9 Å². The predicted molar refractivity (Wildman–Crippen MR) is 55.7 cm³/mol. The third-order valence-electron chi connectivity index (χ3n) is 2.89. The Hall–Kier alpha value is 0.500. The van der Waals surface area contributed by atoms with Crippen LogP contribution in [0.2, 0.25) is 0 Å². The highest BCUT2D eigenvalue weighted by Crippen LogP contribution is 2.38. The molecule has 2 bridgehead atoms. The fourth-order valence-corrected chi connectivity index (χ4v) is 2.22. The minimum Gasteiger partial charge on any atom is -0.328 e. The fourth-order valence-electron chi connectivity index (χ4n) is 2.22. The molecule has 1 radical (unpaired) electrons. The maximum atomic E-state index is 5.87. The van der Waals surface area contributed by atoms with Gasteiger partial charge in [0, 0.05) is 18.1 Å². The lowest BCUT2D eigenvalue weighted by molar-refractivity contribution is 0.225. The molecule has 2 heterocycles. The summed E-state index contributed by atoms with van der Waals surface area (Å²) < 4.78 is 0. The van der Waals surface area contributed by atoms with Crippen LogP contribution in [0, 0.1) is 6.04 Å². The first-order chi connectivity index (χ1) is 4.77. The van der Waals surface area contributed by atoms with E-state index in [1.54, 1.807) is 6.04 Å². The molecule has 4 heteroatoms. The van der Waals surface area contributed by atoms with E-state index in [1.807, 2.05) is 0 Å². The Labute approximate surface area is 86.7 Å². The van der Waals surface area contributed by atoms with Gasteiger partial charge in [-0.2, -0.15) is 0 Å². The molecule has 2 nitrogen and oxygen atoms in total. The van der Waals surface area contributed by atoms with Crippen LogP contribution in [-0.2, 0) is 0 Å². The fraction of sp³-hybridized carbons (Fsp3) is 0.875. The monoisotopic (exact) mass is 211 g/mol. The molecule has 0 aliphatic carbocycles. The highest BCUT2D eigenvalue weighted by molar-refractivity contribution is 5.85. The average Bonchev–Trinajstić information content (AvgIpc) is 2.20. The Bertz CT molecular complexity index is 129. The largest absolute Gasteiger partial charge is 0.328 e. The van der Waals surface area contributed by atoms with Gasteiger partial charge in [0.15, 0.2) is 0 Å². The summed E-state index contributed by atoms with van der Waals surface area (Å²) in [6.45, 7) is 0. The standard InChI is InChI=1S/C8H15N2.2ClH/c1-10-7-2-3-8(10)5-6(9)4-7;;/h6-7H,2-5,9H2,1H3;2*1H. The number of fused-ring (bicyclic) bond motifs is 2. The molecule has 2 rings (SSSR count). The van der Waals surface area contributed by atoms with Gasteiger partial charge in [0.25, 0.3) is 0 Å². The molecule has 0 aromatic carbocycles. The second kappa shape index (κ2) is 4.66. The Morgan fingerprint density at radius 1 is 1.42 bits per heavy atom. The molecular formula is C8H17Cl2N2. The van der Waals surface area contributed by atoms with Gasteiger partial charge in [-0.1, -0.05) is 0 Å². The van der Waals surface area contributed by atoms with Crippen molar-refractivity contribution < 1.29 is 0 Å². The van der Waals surface area contributed by atoms with Crippen molar-refractivity contribution in [2.45, 2.75) is 37.8 Å². The summed E-state index contributed by atoms with van der Waals surface area (Å²) in [6, 6.07) is 2.82. The minimum absolute atomic E-state index is 0. The molecule has 2 aliphatic heterocycles. The minimum atomic E-state index is 0. The topological polar surface area (TPSA) is 29.3 Å². The zero-order valence-corrected chi connectivity index (χ0v) is 8.96. The molecule has 2 unspecified atom stereocenters. The highest BCUT2D eigenvalue weighted by Gasteiger charge is 2.37. The SMILES string of the molecule is CN1[C]2CCC1CC(N)C2.Cl.Cl. The van der Waals surface area contributed by atoms with Gasteiger partial charge in [0.1, 0.15) is 0 Å². The van der Waals surface area contributed by atoms with Gasteiger partial charge >= 0.3 is 0 Å². The van der Waals surface area contributed by atoms with Crippen LogP contribution in [0.3, 0.4) is 0 Å². The lowest BCUT2D eigenvalue weighted by Crippen LogP contribution is -2.41. The van der Waals surface area contributed by atoms with Gasteiger partial charge in [0.05, 0.1) is 0 Å². The molecule has 2 aliphatic rings. The van der Waals surface area contributed by atoms with Crippen LogP contribution >= 0.6 is 24.8 Å². The summed E-state index contributed by atoms with van der Waals surface area (Å²) in [5.74, 6) is 0. The molecular weight excluding hydrogens is 195 g/mol. The van der Waals surface area contributed by atoms with Gasteiger partial charge < -0.3 is 5.73 Å². The molecule has 0 amide bonds. The van der Waals surface area contributed by atoms with Crippen LogP contribution in [-0.4, -0.2) is 24.0 Å². The molecule has 2 saturated heterocycles. The Morgan fingerprint density at radius 3 is 2.67 bits per heavy atom. The number of piperidine rings is 1. The van der Waals surface area contributed by atoms with Crippen LogP contribution in [0.15, 0.2) is 0 Å². The molecule has 0 saturated carbocycles. The Morgan fingerprint density at radius 2 is 2.08 bits per heavy atom. The van der Waals surface area contributed by atoms with Crippen molar-refractivity contribution in [1.82, 2.24) is 4.90 Å². The van der Waals surface area contributed by atoms with E-state index in [0.29, 0.717) is 6.04 Å². The molecule has 0 aromatic heterocycles. The summed E-state index contributed by atoms with van der Waals surface area (Å²) >= 11 is 0. The number of hydrogen-bond acceptors (Lipinski definition) is 2. The summed E-state index contributed by atoms with van der Waals surface area (Å²) in [5.41, 5.74) is 5.87. The van der Waals surface area contributed by atoms with Crippen molar-refractivity contribution in [2.75, 3.05) is 7.05 Å². The third-order valence-corrected chi connectivity index (χ3v) is 2.89. The number of nitrogens with two attached hydrogens (primary N) is 1. The first kappa shape index (κ1) is 12.5. The number of halogens is 2. The zero-order chi connectivity index (χ0) is 7.14. The second-order valence-electron chi connectivity index (χ2n) is 3.57. The average molecular weight is 212 g/mol. The lowest BCUT2D eigenvalue weighted by atomic mass is 9.99. The van der Waals surface area contributed by atoms with Crippen LogP contribution in [0.1, 0.15) is 25.7 Å². The molecule has 2 N–H and O–H groups in total. The van der Waals surface area contributed by atoms with E-state index in [9.17, 15) is 0 Å². The maximum Gasteiger partial charge on any atom is 0.0409 e. The smallest absolute Gasteiger partial charge is 0.0409 e. The lowest BCUT2D eigenvalue weighted by Gasteiger charge is -2.33.